The van der Waals surface area contributed by atoms with Crippen molar-refractivity contribution in [1.82, 2.24) is 0 Å². The number of rotatable bonds is 1. The molecule has 0 aromatic carbocycles. The molecule has 1 unspecified atom stereocenters. The van der Waals surface area contributed by atoms with Gasteiger partial charge in [0, 0.05) is 0 Å². The smallest absolute Gasteiger partial charge is 0.549 e. The Bertz CT molecular complexity index is 119. The van der Waals surface area contributed by atoms with E-state index in [0.29, 0.717) is 0 Å². The van der Waals surface area contributed by atoms with E-state index in [1.165, 1.54) is 0 Å². The molecule has 2 nitrogen and oxygen atoms in total. The number of hydrogen-bond donors (Lipinski definition) is 0. The number of aliphatic carboxylic acids is 1. The standard InChI is InChI=1S/C6H11BrO2.Na/c1-6(2,3)4(7)5(8)9;/h4H,1-3H3,(H,8,9);/q;+1/p-1. The van der Waals surface area contributed by atoms with Gasteiger partial charge in [-0.2, -0.15) is 0 Å². The maximum absolute atomic E-state index is 10.2. The van der Waals surface area contributed by atoms with Gasteiger partial charge in [-0.1, -0.05) is 36.7 Å². The zero-order chi connectivity index (χ0) is 7.65. The summed E-state index contributed by atoms with van der Waals surface area (Å²) in [6, 6.07) is 0. The van der Waals surface area contributed by atoms with Crippen LogP contribution in [0.15, 0.2) is 0 Å². The number of halogens is 1. The largest absolute Gasteiger partial charge is 1.00 e. The molecule has 0 N–H and O–H groups in total. The minimum absolute atomic E-state index is 0. The molecule has 0 saturated carbocycles. The summed E-state index contributed by atoms with van der Waals surface area (Å²) in [5, 5.41) is 10.2. The van der Waals surface area contributed by atoms with E-state index < -0.39 is 10.8 Å². The Kier molecular flexibility index (Phi) is 6.43. The first-order valence-electron chi connectivity index (χ1n) is 2.70. The molecular weight excluding hydrogens is 207 g/mol. The Hall–Kier alpha value is 0.950. The maximum Gasteiger partial charge on any atom is 1.00 e. The molecular formula is C6H10BrNaO2. The average molecular weight is 217 g/mol. The predicted molar refractivity (Wildman–Crippen MR) is 37.2 cm³/mol. The molecule has 0 fully saturated rings. The van der Waals surface area contributed by atoms with Gasteiger partial charge in [-0.25, -0.2) is 0 Å². The molecule has 0 spiro atoms. The Balaban J connectivity index is 0. The molecule has 10 heavy (non-hydrogen) atoms. The van der Waals surface area contributed by atoms with Gasteiger partial charge in [-0.05, 0) is 5.41 Å². The Morgan fingerprint density at radius 1 is 1.50 bits per heavy atom. The Labute approximate surface area is 91.8 Å². The second-order valence-corrected chi connectivity index (χ2v) is 3.96. The van der Waals surface area contributed by atoms with E-state index in [0.717, 1.165) is 0 Å². The normalized spacial score (nSPS) is 13.6. The number of carbonyl (C=O) groups is 1. The summed E-state index contributed by atoms with van der Waals surface area (Å²) in [4.78, 5) is 9.62. The number of carboxylic acids is 1. The molecule has 0 aromatic rings. The minimum atomic E-state index is -1.05. The van der Waals surface area contributed by atoms with Gasteiger partial charge >= 0.3 is 29.6 Å². The summed E-state index contributed by atoms with van der Waals surface area (Å²) in [5.41, 5.74) is -0.265. The van der Waals surface area contributed by atoms with Crippen LogP contribution in [-0.4, -0.2) is 10.8 Å². The molecule has 1 atom stereocenters. The van der Waals surface area contributed by atoms with Crippen molar-refractivity contribution >= 4 is 21.9 Å². The molecule has 0 aromatic heterocycles. The summed E-state index contributed by atoms with van der Waals surface area (Å²) in [6.45, 7) is 5.51. The zero-order valence-corrected chi connectivity index (χ0v) is 10.4. The third kappa shape index (κ3) is 4.72. The Morgan fingerprint density at radius 2 is 1.80 bits per heavy atom. The average Bonchev–Trinajstić information content (AvgIpc) is 1.62. The predicted octanol–water partition coefficient (Wildman–Crippen LogP) is -2.45. The first-order chi connectivity index (χ1) is 3.85. The molecule has 0 heterocycles. The van der Waals surface area contributed by atoms with Crippen LogP contribution in [0.2, 0.25) is 0 Å². The van der Waals surface area contributed by atoms with Gasteiger partial charge in [0.2, 0.25) is 0 Å². The van der Waals surface area contributed by atoms with Gasteiger partial charge in [-0.3, -0.25) is 0 Å². The second-order valence-electron chi connectivity index (χ2n) is 3.05. The molecule has 0 aliphatic heterocycles. The summed E-state index contributed by atoms with van der Waals surface area (Å²) < 4.78 is 0. The number of alkyl halides is 1. The Morgan fingerprint density at radius 3 is 1.80 bits per heavy atom. The van der Waals surface area contributed by atoms with E-state index in [-0.39, 0.29) is 35.0 Å². The van der Waals surface area contributed by atoms with Crippen LogP contribution in [0.1, 0.15) is 20.8 Å². The first kappa shape index (κ1) is 13.5. The van der Waals surface area contributed by atoms with Crippen LogP contribution in [0, 0.1) is 5.41 Å². The fraction of sp³-hybridized carbons (Fsp3) is 0.833. The van der Waals surface area contributed by atoms with E-state index in [9.17, 15) is 9.90 Å². The summed E-state index contributed by atoms with van der Waals surface area (Å²) >= 11 is 3.00. The summed E-state index contributed by atoms with van der Waals surface area (Å²) in [6.07, 6.45) is 0. The topological polar surface area (TPSA) is 40.1 Å². The van der Waals surface area contributed by atoms with Crippen molar-refractivity contribution < 1.29 is 39.5 Å². The van der Waals surface area contributed by atoms with Crippen molar-refractivity contribution in [3.8, 4) is 0 Å². The quantitative estimate of drug-likeness (QED) is 0.361. The molecule has 54 valence electrons. The van der Waals surface area contributed by atoms with Crippen molar-refractivity contribution in [2.75, 3.05) is 0 Å². The van der Waals surface area contributed by atoms with Crippen molar-refractivity contribution in [2.45, 2.75) is 25.6 Å². The van der Waals surface area contributed by atoms with Crippen LogP contribution < -0.4 is 34.7 Å². The van der Waals surface area contributed by atoms with E-state index in [1.807, 2.05) is 20.8 Å². The third-order valence-corrected chi connectivity index (χ3v) is 2.71. The van der Waals surface area contributed by atoms with Crippen LogP contribution in [0.4, 0.5) is 0 Å². The van der Waals surface area contributed by atoms with Crippen LogP contribution in [0.5, 0.6) is 0 Å². The second kappa shape index (κ2) is 4.75. The molecule has 0 amide bonds. The van der Waals surface area contributed by atoms with Crippen molar-refractivity contribution in [1.29, 1.82) is 0 Å². The summed E-state index contributed by atoms with van der Waals surface area (Å²) in [5.74, 6) is -1.05. The van der Waals surface area contributed by atoms with Crippen molar-refractivity contribution in [3.05, 3.63) is 0 Å². The molecule has 0 saturated heterocycles. The SMILES string of the molecule is CC(C)(C)C(Br)C(=O)[O-].[Na+]. The van der Waals surface area contributed by atoms with E-state index in [1.54, 1.807) is 0 Å². The number of carbonyl (C=O) groups excluding carboxylic acids is 1. The summed E-state index contributed by atoms with van der Waals surface area (Å²) in [7, 11) is 0. The van der Waals surface area contributed by atoms with Gasteiger partial charge in [0.25, 0.3) is 0 Å². The van der Waals surface area contributed by atoms with E-state index in [2.05, 4.69) is 15.9 Å². The zero-order valence-electron chi connectivity index (χ0n) is 6.77. The number of hydrogen-bond acceptors (Lipinski definition) is 2. The molecule has 0 radical (unpaired) electrons. The molecule has 0 aliphatic carbocycles. The van der Waals surface area contributed by atoms with Crippen LogP contribution in [0.3, 0.4) is 0 Å². The van der Waals surface area contributed by atoms with Crippen LogP contribution in [-0.2, 0) is 4.79 Å². The molecule has 0 rings (SSSR count). The van der Waals surface area contributed by atoms with Crippen LogP contribution in [0.25, 0.3) is 0 Å². The minimum Gasteiger partial charge on any atom is -0.549 e. The van der Waals surface area contributed by atoms with Gasteiger partial charge in [-0.15, -0.1) is 0 Å². The van der Waals surface area contributed by atoms with Gasteiger partial charge < -0.3 is 9.90 Å². The van der Waals surface area contributed by atoms with Crippen molar-refractivity contribution in [2.24, 2.45) is 5.41 Å². The fourth-order valence-corrected chi connectivity index (χ4v) is 0.354. The van der Waals surface area contributed by atoms with E-state index >= 15 is 0 Å². The van der Waals surface area contributed by atoms with Crippen LogP contribution >= 0.6 is 15.9 Å². The van der Waals surface area contributed by atoms with Gasteiger partial charge in [0.1, 0.15) is 0 Å². The monoisotopic (exact) mass is 216 g/mol. The number of carboxylic acid groups (broad SMARTS) is 1. The molecule has 0 bridgehead atoms. The van der Waals surface area contributed by atoms with Crippen molar-refractivity contribution in [3.63, 3.8) is 0 Å². The van der Waals surface area contributed by atoms with E-state index in [4.69, 9.17) is 0 Å². The maximum atomic E-state index is 10.2. The molecule has 0 aliphatic rings. The third-order valence-electron chi connectivity index (χ3n) is 0.967. The molecule has 4 heteroatoms. The van der Waals surface area contributed by atoms with Gasteiger partial charge in [0.05, 0.1) is 10.8 Å². The first-order valence-corrected chi connectivity index (χ1v) is 3.62. The van der Waals surface area contributed by atoms with Gasteiger partial charge in [0.15, 0.2) is 0 Å². The fourth-order valence-electron chi connectivity index (χ4n) is 0.354.